The number of piperidine rings is 1. The molecule has 3 rings (SSSR count). The van der Waals surface area contributed by atoms with Crippen molar-refractivity contribution in [3.8, 4) is 0 Å². The van der Waals surface area contributed by atoms with Crippen LogP contribution < -0.4 is 5.32 Å². The van der Waals surface area contributed by atoms with Crippen LogP contribution in [-0.4, -0.2) is 35.2 Å². The zero-order valence-electron chi connectivity index (χ0n) is 10.8. The summed E-state index contributed by atoms with van der Waals surface area (Å²) in [7, 11) is 0. The number of furan rings is 1. The molecule has 1 saturated carbocycles. The van der Waals surface area contributed by atoms with Crippen LogP contribution in [0.2, 0.25) is 0 Å². The minimum Gasteiger partial charge on any atom is -0.462 e. The van der Waals surface area contributed by atoms with Gasteiger partial charge in [0.05, 0.1) is 6.54 Å². The molecule has 18 heavy (non-hydrogen) atoms. The van der Waals surface area contributed by atoms with Gasteiger partial charge in [0, 0.05) is 12.1 Å². The number of likely N-dealkylation sites (tertiary alicyclic amines) is 1. The first-order chi connectivity index (χ1) is 8.85. The number of rotatable bonds is 5. The molecule has 2 aliphatic rings. The van der Waals surface area contributed by atoms with Crippen LogP contribution >= 0.6 is 0 Å². The Morgan fingerprint density at radius 3 is 2.50 bits per heavy atom. The summed E-state index contributed by atoms with van der Waals surface area (Å²) >= 11 is 0. The lowest BCUT2D eigenvalue weighted by atomic mass is 10.0. The van der Waals surface area contributed by atoms with E-state index >= 15 is 0 Å². The molecule has 0 unspecified atom stereocenters. The number of hydrogen-bond acceptors (Lipinski definition) is 4. The van der Waals surface area contributed by atoms with Gasteiger partial charge in [-0.2, -0.15) is 0 Å². The summed E-state index contributed by atoms with van der Waals surface area (Å²) in [6.07, 6.45) is 5.30. The average Bonchev–Trinajstić information content (AvgIpc) is 3.16. The predicted molar refractivity (Wildman–Crippen MR) is 69.1 cm³/mol. The molecule has 1 aromatic rings. The van der Waals surface area contributed by atoms with Crippen molar-refractivity contribution in [2.75, 3.05) is 13.1 Å². The minimum atomic E-state index is -0.0141. The van der Waals surface area contributed by atoms with Gasteiger partial charge in [-0.3, -0.25) is 0 Å². The molecule has 100 valence electrons. The largest absolute Gasteiger partial charge is 0.462 e. The Morgan fingerprint density at radius 2 is 1.89 bits per heavy atom. The Labute approximate surface area is 108 Å². The second kappa shape index (κ2) is 5.43. The van der Waals surface area contributed by atoms with E-state index in [0.717, 1.165) is 18.3 Å². The molecule has 0 radical (unpaired) electrons. The molecule has 0 bridgehead atoms. The first-order valence-electron chi connectivity index (χ1n) is 7.01. The fraction of sp³-hybridized carbons (Fsp3) is 0.714. The maximum Gasteiger partial charge on any atom is 0.129 e. The van der Waals surface area contributed by atoms with Crippen LogP contribution in [0.1, 0.15) is 37.2 Å². The maximum absolute atomic E-state index is 8.94. The van der Waals surface area contributed by atoms with Gasteiger partial charge in [0.2, 0.25) is 0 Å². The Hall–Kier alpha value is -0.840. The molecular formula is C14H22N2O2. The smallest absolute Gasteiger partial charge is 0.129 e. The minimum absolute atomic E-state index is 0.0141. The molecule has 4 nitrogen and oxygen atoms in total. The SMILES string of the molecule is OCc1ccc(CNC2CCN(C3CC3)CC2)o1. The van der Waals surface area contributed by atoms with Crippen molar-refractivity contribution in [1.82, 2.24) is 10.2 Å². The molecule has 0 aromatic carbocycles. The van der Waals surface area contributed by atoms with Gasteiger partial charge in [0.1, 0.15) is 18.1 Å². The fourth-order valence-corrected chi connectivity index (χ4v) is 2.76. The topological polar surface area (TPSA) is 48.6 Å². The van der Waals surface area contributed by atoms with E-state index in [0.29, 0.717) is 11.8 Å². The Bertz CT molecular complexity index is 379. The van der Waals surface area contributed by atoms with Crippen molar-refractivity contribution in [2.45, 2.75) is 50.9 Å². The predicted octanol–water partition coefficient (Wildman–Crippen LogP) is 1.49. The molecule has 4 heteroatoms. The molecule has 1 aliphatic carbocycles. The van der Waals surface area contributed by atoms with Gasteiger partial charge >= 0.3 is 0 Å². The van der Waals surface area contributed by atoms with Crippen molar-refractivity contribution in [3.63, 3.8) is 0 Å². The Kier molecular flexibility index (Phi) is 3.68. The second-order valence-electron chi connectivity index (χ2n) is 5.45. The van der Waals surface area contributed by atoms with E-state index in [1.54, 1.807) is 0 Å². The van der Waals surface area contributed by atoms with E-state index in [-0.39, 0.29) is 6.61 Å². The molecule has 2 heterocycles. The van der Waals surface area contributed by atoms with Crippen LogP contribution in [0.3, 0.4) is 0 Å². The van der Waals surface area contributed by atoms with Gasteiger partial charge in [-0.05, 0) is 50.9 Å². The van der Waals surface area contributed by atoms with Crippen LogP contribution in [-0.2, 0) is 13.2 Å². The molecule has 0 amide bonds. The fourth-order valence-electron chi connectivity index (χ4n) is 2.76. The van der Waals surface area contributed by atoms with Gasteiger partial charge in [-0.1, -0.05) is 0 Å². The van der Waals surface area contributed by atoms with Crippen molar-refractivity contribution in [3.05, 3.63) is 23.7 Å². The molecule has 2 fully saturated rings. The third-order valence-corrected chi connectivity index (χ3v) is 4.03. The van der Waals surface area contributed by atoms with E-state index in [1.807, 2.05) is 12.1 Å². The van der Waals surface area contributed by atoms with Crippen LogP contribution in [0, 0.1) is 0 Å². The Morgan fingerprint density at radius 1 is 1.17 bits per heavy atom. The van der Waals surface area contributed by atoms with Gasteiger partial charge in [-0.25, -0.2) is 0 Å². The van der Waals surface area contributed by atoms with Crippen LogP contribution in [0.25, 0.3) is 0 Å². The molecule has 0 atom stereocenters. The highest BCUT2D eigenvalue weighted by Crippen LogP contribution is 2.29. The first-order valence-corrected chi connectivity index (χ1v) is 7.01. The van der Waals surface area contributed by atoms with Crippen molar-refractivity contribution < 1.29 is 9.52 Å². The monoisotopic (exact) mass is 250 g/mol. The summed E-state index contributed by atoms with van der Waals surface area (Å²) in [5.74, 6) is 1.57. The summed E-state index contributed by atoms with van der Waals surface area (Å²) in [6.45, 7) is 3.23. The zero-order valence-corrected chi connectivity index (χ0v) is 10.8. The molecule has 1 aromatic heterocycles. The highest BCUT2D eigenvalue weighted by atomic mass is 16.4. The number of aliphatic hydroxyl groups excluding tert-OH is 1. The lowest BCUT2D eigenvalue weighted by Gasteiger charge is -2.32. The first kappa shape index (κ1) is 12.2. The zero-order chi connectivity index (χ0) is 12.4. The lowest BCUT2D eigenvalue weighted by Crippen LogP contribution is -2.43. The highest BCUT2D eigenvalue weighted by Gasteiger charge is 2.31. The highest BCUT2D eigenvalue weighted by molar-refractivity contribution is 5.06. The van der Waals surface area contributed by atoms with Crippen molar-refractivity contribution in [1.29, 1.82) is 0 Å². The van der Waals surface area contributed by atoms with Crippen LogP contribution in [0.15, 0.2) is 16.5 Å². The number of aliphatic hydroxyl groups is 1. The average molecular weight is 250 g/mol. The van der Waals surface area contributed by atoms with E-state index in [1.165, 1.54) is 38.8 Å². The van der Waals surface area contributed by atoms with Crippen LogP contribution in [0.4, 0.5) is 0 Å². The summed E-state index contributed by atoms with van der Waals surface area (Å²) in [5, 5.41) is 12.5. The van der Waals surface area contributed by atoms with Crippen LogP contribution in [0.5, 0.6) is 0 Å². The number of hydrogen-bond donors (Lipinski definition) is 2. The second-order valence-corrected chi connectivity index (χ2v) is 5.45. The van der Waals surface area contributed by atoms with Crippen molar-refractivity contribution in [2.24, 2.45) is 0 Å². The van der Waals surface area contributed by atoms with Gasteiger partial charge in [0.15, 0.2) is 0 Å². The maximum atomic E-state index is 8.94. The molecule has 1 saturated heterocycles. The number of nitrogens with one attached hydrogen (secondary N) is 1. The van der Waals surface area contributed by atoms with E-state index < -0.39 is 0 Å². The molecule has 0 spiro atoms. The summed E-state index contributed by atoms with van der Waals surface area (Å²) in [5.41, 5.74) is 0. The quantitative estimate of drug-likeness (QED) is 0.831. The van der Waals surface area contributed by atoms with Gasteiger partial charge in [0.25, 0.3) is 0 Å². The molecular weight excluding hydrogens is 228 g/mol. The third-order valence-electron chi connectivity index (χ3n) is 4.03. The van der Waals surface area contributed by atoms with Gasteiger partial charge in [-0.15, -0.1) is 0 Å². The van der Waals surface area contributed by atoms with Gasteiger partial charge < -0.3 is 19.7 Å². The standard InChI is InChI=1S/C14H22N2O2/c17-10-14-4-3-13(18-14)9-15-11-5-7-16(8-6-11)12-1-2-12/h3-4,11-12,15,17H,1-2,5-10H2. The summed E-state index contributed by atoms with van der Waals surface area (Å²) < 4.78 is 5.47. The molecule has 2 N–H and O–H groups in total. The van der Waals surface area contributed by atoms with E-state index in [2.05, 4.69) is 10.2 Å². The third kappa shape index (κ3) is 2.94. The van der Waals surface area contributed by atoms with Crippen molar-refractivity contribution >= 4 is 0 Å². The normalized spacial score (nSPS) is 22.5. The lowest BCUT2D eigenvalue weighted by molar-refractivity contribution is 0.187. The number of nitrogens with zero attached hydrogens (tertiary/aromatic N) is 1. The van der Waals surface area contributed by atoms with E-state index in [4.69, 9.17) is 9.52 Å². The molecule has 1 aliphatic heterocycles. The van der Waals surface area contributed by atoms with E-state index in [9.17, 15) is 0 Å². The summed E-state index contributed by atoms with van der Waals surface area (Å²) in [6, 6.07) is 5.30. The summed E-state index contributed by atoms with van der Waals surface area (Å²) in [4.78, 5) is 2.63. The Balaban J connectivity index is 1.41.